The number of carbonyl (C=O) groups excluding carboxylic acids is 2. The van der Waals surface area contributed by atoms with Gasteiger partial charge in [-0.3, -0.25) is 9.59 Å². The number of amides is 2. The Morgan fingerprint density at radius 2 is 2.19 bits per heavy atom. The SMILES string of the molecule is Cc1nccn1CCN(C)C(=O)C1C2C(=O)N(C(C)(C)C)C[C@]23C=C[C@H]1O3. The van der Waals surface area contributed by atoms with Crippen molar-refractivity contribution in [3.63, 3.8) is 0 Å². The summed E-state index contributed by atoms with van der Waals surface area (Å²) in [5.41, 5.74) is -0.930. The zero-order valence-electron chi connectivity index (χ0n) is 16.7. The van der Waals surface area contributed by atoms with Crippen LogP contribution in [0.15, 0.2) is 24.5 Å². The largest absolute Gasteiger partial charge is 0.360 e. The molecule has 2 bridgehead atoms. The maximum atomic E-state index is 13.2. The van der Waals surface area contributed by atoms with Crippen molar-refractivity contribution in [3.8, 4) is 0 Å². The second-order valence-electron chi connectivity index (χ2n) is 8.92. The number of aryl methyl sites for hydroxylation is 1. The molecule has 7 heteroatoms. The van der Waals surface area contributed by atoms with Gasteiger partial charge < -0.3 is 19.1 Å². The summed E-state index contributed by atoms with van der Waals surface area (Å²) in [6.45, 7) is 9.78. The maximum Gasteiger partial charge on any atom is 0.230 e. The minimum atomic E-state index is -0.642. The van der Waals surface area contributed by atoms with E-state index in [4.69, 9.17) is 4.74 Å². The zero-order chi connectivity index (χ0) is 19.6. The number of imidazole rings is 1. The van der Waals surface area contributed by atoms with Gasteiger partial charge >= 0.3 is 0 Å². The van der Waals surface area contributed by atoms with Gasteiger partial charge in [-0.15, -0.1) is 0 Å². The van der Waals surface area contributed by atoms with Crippen molar-refractivity contribution in [1.82, 2.24) is 19.4 Å². The number of likely N-dealkylation sites (N-methyl/N-ethyl adjacent to an activating group) is 1. The Morgan fingerprint density at radius 1 is 1.44 bits per heavy atom. The lowest BCUT2D eigenvalue weighted by atomic mass is 9.76. The third kappa shape index (κ3) is 2.71. The molecule has 1 spiro atoms. The Balaban J connectivity index is 1.52. The average molecular weight is 372 g/mol. The van der Waals surface area contributed by atoms with Gasteiger partial charge in [-0.05, 0) is 27.7 Å². The summed E-state index contributed by atoms with van der Waals surface area (Å²) < 4.78 is 8.22. The number of rotatable bonds is 4. The number of nitrogens with zero attached hydrogens (tertiary/aromatic N) is 4. The Hall–Kier alpha value is -2.15. The van der Waals surface area contributed by atoms with Gasteiger partial charge in [0.2, 0.25) is 11.8 Å². The van der Waals surface area contributed by atoms with Crippen molar-refractivity contribution in [2.45, 2.75) is 51.5 Å². The number of ether oxygens (including phenoxy) is 1. The molecule has 2 unspecified atom stereocenters. The predicted octanol–water partition coefficient (Wildman–Crippen LogP) is 1.23. The van der Waals surface area contributed by atoms with Gasteiger partial charge in [0.15, 0.2) is 0 Å². The van der Waals surface area contributed by atoms with Gasteiger partial charge in [0.25, 0.3) is 0 Å². The normalized spacial score (nSPS) is 31.7. The van der Waals surface area contributed by atoms with Crippen molar-refractivity contribution < 1.29 is 14.3 Å². The Kier molecular flexibility index (Phi) is 4.00. The van der Waals surface area contributed by atoms with Gasteiger partial charge in [0, 0.05) is 38.1 Å². The number of hydrogen-bond donors (Lipinski definition) is 0. The van der Waals surface area contributed by atoms with E-state index in [-0.39, 0.29) is 23.5 Å². The lowest BCUT2D eigenvalue weighted by Crippen LogP contribution is -2.47. The standard InChI is InChI=1S/C20H28N4O3/c1-13-21-8-9-23(13)11-10-22(5)17(25)15-14-6-7-20(27-14)12-24(19(2,3)4)18(26)16(15)20/h6-9,14-16H,10-12H2,1-5H3/t14-,15?,16?,20-/m1/s1. The molecule has 4 rings (SSSR count). The molecule has 0 aliphatic carbocycles. The molecule has 4 heterocycles. The Morgan fingerprint density at radius 3 is 2.81 bits per heavy atom. The van der Waals surface area contributed by atoms with Crippen LogP contribution in [0.3, 0.4) is 0 Å². The van der Waals surface area contributed by atoms with E-state index in [2.05, 4.69) is 4.98 Å². The molecular formula is C20H28N4O3. The topological polar surface area (TPSA) is 67.7 Å². The van der Waals surface area contributed by atoms with Crippen LogP contribution in [0.25, 0.3) is 0 Å². The molecule has 4 atom stereocenters. The molecule has 2 fully saturated rings. The first-order valence-electron chi connectivity index (χ1n) is 9.55. The van der Waals surface area contributed by atoms with Crippen LogP contribution in [0.2, 0.25) is 0 Å². The Labute approximate surface area is 160 Å². The van der Waals surface area contributed by atoms with Gasteiger partial charge in [-0.1, -0.05) is 12.2 Å². The van der Waals surface area contributed by atoms with Crippen LogP contribution in [0.5, 0.6) is 0 Å². The number of fused-ring (bicyclic) bond motifs is 1. The van der Waals surface area contributed by atoms with Crippen LogP contribution < -0.4 is 0 Å². The number of carbonyl (C=O) groups is 2. The summed E-state index contributed by atoms with van der Waals surface area (Å²) in [5.74, 6) is 0.0813. The van der Waals surface area contributed by atoms with Crippen molar-refractivity contribution in [3.05, 3.63) is 30.4 Å². The summed E-state index contributed by atoms with van der Waals surface area (Å²) in [7, 11) is 1.80. The molecule has 3 aliphatic rings. The van der Waals surface area contributed by atoms with Gasteiger partial charge in [-0.25, -0.2) is 4.98 Å². The third-order valence-electron chi connectivity index (χ3n) is 6.17. The second-order valence-corrected chi connectivity index (χ2v) is 8.92. The van der Waals surface area contributed by atoms with Crippen LogP contribution in [0.1, 0.15) is 26.6 Å². The van der Waals surface area contributed by atoms with E-state index in [0.717, 1.165) is 5.82 Å². The first kappa shape index (κ1) is 18.2. The molecule has 0 N–H and O–H groups in total. The molecular weight excluding hydrogens is 344 g/mol. The number of likely N-dealkylation sites (tertiary alicyclic amines) is 1. The van der Waals surface area contributed by atoms with Crippen molar-refractivity contribution in [2.24, 2.45) is 11.8 Å². The molecule has 0 aromatic carbocycles. The fourth-order valence-electron chi connectivity index (χ4n) is 4.61. The molecule has 7 nitrogen and oxygen atoms in total. The number of hydrogen-bond acceptors (Lipinski definition) is 4. The van der Waals surface area contributed by atoms with Crippen LogP contribution in [-0.4, -0.2) is 68.5 Å². The van der Waals surface area contributed by atoms with Gasteiger partial charge in [0.05, 0.1) is 24.5 Å². The molecule has 2 saturated heterocycles. The number of aromatic nitrogens is 2. The van der Waals surface area contributed by atoms with E-state index in [1.54, 1.807) is 18.1 Å². The first-order valence-corrected chi connectivity index (χ1v) is 9.55. The van der Waals surface area contributed by atoms with E-state index < -0.39 is 17.4 Å². The first-order chi connectivity index (χ1) is 12.6. The molecule has 0 saturated carbocycles. The lowest BCUT2D eigenvalue weighted by Gasteiger charge is -2.34. The molecule has 1 aromatic rings. The van der Waals surface area contributed by atoms with E-state index in [0.29, 0.717) is 19.6 Å². The highest BCUT2D eigenvalue weighted by Crippen LogP contribution is 2.53. The highest BCUT2D eigenvalue weighted by atomic mass is 16.5. The zero-order valence-corrected chi connectivity index (χ0v) is 16.7. The van der Waals surface area contributed by atoms with Gasteiger partial charge in [-0.2, -0.15) is 0 Å². The lowest BCUT2D eigenvalue weighted by molar-refractivity contribution is -0.144. The minimum absolute atomic E-state index is 0.0156. The van der Waals surface area contributed by atoms with E-state index in [1.165, 1.54) is 0 Å². The summed E-state index contributed by atoms with van der Waals surface area (Å²) in [5, 5.41) is 0. The summed E-state index contributed by atoms with van der Waals surface area (Å²) in [6, 6.07) is 0. The van der Waals surface area contributed by atoms with Crippen LogP contribution in [-0.2, 0) is 20.9 Å². The van der Waals surface area contributed by atoms with E-state index in [1.807, 2.05) is 55.5 Å². The summed E-state index contributed by atoms with van der Waals surface area (Å²) in [6.07, 6.45) is 7.34. The predicted molar refractivity (Wildman–Crippen MR) is 99.8 cm³/mol. The van der Waals surface area contributed by atoms with Crippen molar-refractivity contribution >= 4 is 11.8 Å². The molecule has 2 amide bonds. The molecule has 146 valence electrons. The molecule has 1 aromatic heterocycles. The quantitative estimate of drug-likeness (QED) is 0.746. The summed E-state index contributed by atoms with van der Waals surface area (Å²) >= 11 is 0. The average Bonchev–Trinajstić information content (AvgIpc) is 3.33. The Bertz CT molecular complexity index is 808. The minimum Gasteiger partial charge on any atom is -0.360 e. The molecule has 0 radical (unpaired) electrons. The third-order valence-corrected chi connectivity index (χ3v) is 6.17. The fourth-order valence-corrected chi connectivity index (χ4v) is 4.61. The van der Waals surface area contributed by atoms with Crippen LogP contribution >= 0.6 is 0 Å². The highest BCUT2D eigenvalue weighted by Gasteiger charge is 2.68. The summed E-state index contributed by atoms with van der Waals surface area (Å²) in [4.78, 5) is 34.2. The fraction of sp³-hybridized carbons (Fsp3) is 0.650. The van der Waals surface area contributed by atoms with Crippen molar-refractivity contribution in [2.75, 3.05) is 20.1 Å². The van der Waals surface area contributed by atoms with Crippen LogP contribution in [0.4, 0.5) is 0 Å². The monoisotopic (exact) mass is 372 g/mol. The van der Waals surface area contributed by atoms with E-state index >= 15 is 0 Å². The molecule has 27 heavy (non-hydrogen) atoms. The molecule has 3 aliphatic heterocycles. The second kappa shape index (κ2) is 5.92. The smallest absolute Gasteiger partial charge is 0.230 e. The van der Waals surface area contributed by atoms with E-state index in [9.17, 15) is 9.59 Å². The van der Waals surface area contributed by atoms with Gasteiger partial charge in [0.1, 0.15) is 11.4 Å². The highest BCUT2D eigenvalue weighted by molar-refractivity contribution is 5.93. The van der Waals surface area contributed by atoms with Crippen molar-refractivity contribution in [1.29, 1.82) is 0 Å². The van der Waals surface area contributed by atoms with Crippen LogP contribution in [0, 0.1) is 18.8 Å². The maximum absolute atomic E-state index is 13.2.